The van der Waals surface area contributed by atoms with Crippen LogP contribution in [0.5, 0.6) is 5.75 Å². The molecule has 0 bridgehead atoms. The maximum Gasteiger partial charge on any atom is 0.274 e. The number of carbonyl (C=O) groups is 1. The van der Waals surface area contributed by atoms with Crippen molar-refractivity contribution in [2.75, 3.05) is 12.4 Å². The SMILES string of the molecule is COc1ccc(-c2nnn(CC(=O)Nc3ccc(C)c([N+](=O)[O-])c3)n2)cc1. The van der Waals surface area contributed by atoms with Crippen molar-refractivity contribution in [2.24, 2.45) is 0 Å². The largest absolute Gasteiger partial charge is 0.497 e. The van der Waals surface area contributed by atoms with Gasteiger partial charge in [-0.25, -0.2) is 0 Å². The third-order valence-corrected chi connectivity index (χ3v) is 3.78. The van der Waals surface area contributed by atoms with Crippen LogP contribution in [0.4, 0.5) is 11.4 Å². The number of anilines is 1. The number of hydrogen-bond donors (Lipinski definition) is 1. The van der Waals surface area contributed by atoms with Gasteiger partial charge in [0.1, 0.15) is 12.3 Å². The Labute approximate surface area is 153 Å². The van der Waals surface area contributed by atoms with Gasteiger partial charge in [-0.1, -0.05) is 6.07 Å². The minimum atomic E-state index is -0.495. The molecule has 1 heterocycles. The number of tetrazole rings is 1. The normalized spacial score (nSPS) is 10.4. The van der Waals surface area contributed by atoms with E-state index in [1.54, 1.807) is 50.4 Å². The molecule has 0 saturated heterocycles. The Hall–Kier alpha value is -3.82. The van der Waals surface area contributed by atoms with Gasteiger partial charge in [0.15, 0.2) is 0 Å². The molecule has 0 aliphatic rings. The minimum absolute atomic E-state index is 0.0616. The zero-order valence-electron chi connectivity index (χ0n) is 14.6. The van der Waals surface area contributed by atoms with Crippen molar-refractivity contribution in [3.8, 4) is 17.1 Å². The zero-order chi connectivity index (χ0) is 19.4. The van der Waals surface area contributed by atoms with E-state index in [0.717, 1.165) is 10.4 Å². The molecule has 0 aliphatic heterocycles. The lowest BCUT2D eigenvalue weighted by atomic mass is 10.2. The summed E-state index contributed by atoms with van der Waals surface area (Å²) in [4.78, 5) is 23.8. The van der Waals surface area contributed by atoms with Crippen LogP contribution in [0, 0.1) is 17.0 Å². The van der Waals surface area contributed by atoms with Crippen molar-refractivity contribution in [1.82, 2.24) is 20.2 Å². The van der Waals surface area contributed by atoms with Gasteiger partial charge in [-0.15, -0.1) is 10.2 Å². The van der Waals surface area contributed by atoms with Crippen molar-refractivity contribution in [1.29, 1.82) is 0 Å². The highest BCUT2D eigenvalue weighted by molar-refractivity contribution is 5.90. The number of nitro benzene ring substituents is 1. The lowest BCUT2D eigenvalue weighted by molar-refractivity contribution is -0.385. The van der Waals surface area contributed by atoms with Gasteiger partial charge in [0.05, 0.1) is 12.0 Å². The Bertz CT molecular complexity index is 983. The molecule has 1 N–H and O–H groups in total. The number of rotatable bonds is 6. The van der Waals surface area contributed by atoms with Crippen LogP contribution in [-0.2, 0) is 11.3 Å². The Morgan fingerprint density at radius 2 is 2.00 bits per heavy atom. The second-order valence-corrected chi connectivity index (χ2v) is 5.68. The van der Waals surface area contributed by atoms with Crippen molar-refractivity contribution < 1.29 is 14.5 Å². The van der Waals surface area contributed by atoms with Crippen LogP contribution in [0.2, 0.25) is 0 Å². The zero-order valence-corrected chi connectivity index (χ0v) is 14.6. The second-order valence-electron chi connectivity index (χ2n) is 5.68. The quantitative estimate of drug-likeness (QED) is 0.522. The summed E-state index contributed by atoms with van der Waals surface area (Å²) in [5.41, 5.74) is 1.51. The van der Waals surface area contributed by atoms with Crippen LogP contribution in [0.1, 0.15) is 5.56 Å². The van der Waals surface area contributed by atoms with E-state index >= 15 is 0 Å². The predicted octanol–water partition coefficient (Wildman–Crippen LogP) is 2.20. The minimum Gasteiger partial charge on any atom is -0.497 e. The molecule has 10 nitrogen and oxygen atoms in total. The summed E-state index contributed by atoms with van der Waals surface area (Å²) < 4.78 is 5.09. The molecular weight excluding hydrogens is 352 g/mol. The molecule has 0 saturated carbocycles. The van der Waals surface area contributed by atoms with Crippen molar-refractivity contribution in [3.05, 3.63) is 58.1 Å². The fraction of sp³-hybridized carbons (Fsp3) is 0.176. The molecule has 10 heteroatoms. The molecule has 0 atom stereocenters. The monoisotopic (exact) mass is 368 g/mol. The summed E-state index contributed by atoms with van der Waals surface area (Å²) >= 11 is 0. The maximum atomic E-state index is 12.2. The smallest absolute Gasteiger partial charge is 0.274 e. The summed E-state index contributed by atoms with van der Waals surface area (Å²) in [6.45, 7) is 1.45. The molecule has 27 heavy (non-hydrogen) atoms. The molecule has 0 radical (unpaired) electrons. The van der Waals surface area contributed by atoms with E-state index in [1.165, 1.54) is 6.07 Å². The number of hydrogen-bond acceptors (Lipinski definition) is 7. The standard InChI is InChI=1S/C17H16N6O4/c1-11-3-6-13(9-15(11)23(25)26)18-16(24)10-22-20-17(19-21-22)12-4-7-14(27-2)8-5-12/h3-9H,10H2,1-2H3,(H,18,24). The van der Waals surface area contributed by atoms with Crippen LogP contribution < -0.4 is 10.1 Å². The first-order valence-corrected chi connectivity index (χ1v) is 7.93. The maximum absolute atomic E-state index is 12.2. The van der Waals surface area contributed by atoms with Gasteiger partial charge in [0, 0.05) is 22.9 Å². The molecule has 1 aromatic heterocycles. The van der Waals surface area contributed by atoms with E-state index in [1.807, 2.05) is 0 Å². The van der Waals surface area contributed by atoms with E-state index < -0.39 is 10.8 Å². The number of nitrogens with zero attached hydrogens (tertiary/aromatic N) is 5. The molecule has 3 aromatic rings. The molecule has 0 aliphatic carbocycles. The fourth-order valence-corrected chi connectivity index (χ4v) is 2.38. The number of nitro groups is 1. The van der Waals surface area contributed by atoms with Crippen LogP contribution in [0.25, 0.3) is 11.4 Å². The van der Waals surface area contributed by atoms with E-state index in [0.29, 0.717) is 22.8 Å². The van der Waals surface area contributed by atoms with E-state index in [-0.39, 0.29) is 12.2 Å². The van der Waals surface area contributed by atoms with Crippen molar-refractivity contribution in [2.45, 2.75) is 13.5 Å². The molecule has 3 rings (SSSR count). The molecule has 1 amide bonds. The lowest BCUT2D eigenvalue weighted by Gasteiger charge is -2.05. The van der Waals surface area contributed by atoms with Gasteiger partial charge in [0.2, 0.25) is 11.7 Å². The molecule has 0 fully saturated rings. The number of aromatic nitrogens is 4. The first-order chi connectivity index (χ1) is 13.0. The number of amides is 1. The third kappa shape index (κ3) is 4.24. The van der Waals surface area contributed by atoms with Gasteiger partial charge in [-0.05, 0) is 42.5 Å². The Morgan fingerprint density at radius 1 is 1.26 bits per heavy atom. The molecule has 0 spiro atoms. The van der Waals surface area contributed by atoms with Crippen molar-refractivity contribution >= 4 is 17.3 Å². The molecular formula is C17H16N6O4. The summed E-state index contributed by atoms with van der Waals surface area (Å²) in [6, 6.07) is 11.6. The average Bonchev–Trinajstić information content (AvgIpc) is 3.11. The molecule has 138 valence electrons. The van der Waals surface area contributed by atoms with E-state index in [4.69, 9.17) is 4.74 Å². The topological polar surface area (TPSA) is 125 Å². The van der Waals surface area contributed by atoms with Gasteiger partial charge in [0.25, 0.3) is 5.69 Å². The Balaban J connectivity index is 1.67. The van der Waals surface area contributed by atoms with Crippen LogP contribution in [-0.4, -0.2) is 38.1 Å². The van der Waals surface area contributed by atoms with E-state index in [9.17, 15) is 14.9 Å². The summed E-state index contributed by atoms with van der Waals surface area (Å²) in [7, 11) is 1.57. The van der Waals surface area contributed by atoms with Gasteiger partial charge in [-0.3, -0.25) is 14.9 Å². The highest BCUT2D eigenvalue weighted by atomic mass is 16.6. The highest BCUT2D eigenvalue weighted by Gasteiger charge is 2.14. The summed E-state index contributed by atoms with van der Waals surface area (Å²) in [5, 5.41) is 25.5. The van der Waals surface area contributed by atoms with Gasteiger partial charge < -0.3 is 10.1 Å². The molecule has 0 unspecified atom stereocenters. The fourth-order valence-electron chi connectivity index (χ4n) is 2.38. The van der Waals surface area contributed by atoms with Crippen LogP contribution in [0.15, 0.2) is 42.5 Å². The van der Waals surface area contributed by atoms with Gasteiger partial charge in [-0.2, -0.15) is 4.80 Å². The van der Waals surface area contributed by atoms with E-state index in [2.05, 4.69) is 20.7 Å². The summed E-state index contributed by atoms with van der Waals surface area (Å²) in [5.74, 6) is 0.654. The number of carbonyl (C=O) groups excluding carboxylic acids is 1. The Kier molecular flexibility index (Phi) is 5.06. The first kappa shape index (κ1) is 18.0. The Morgan fingerprint density at radius 3 is 2.67 bits per heavy atom. The summed E-state index contributed by atoms with van der Waals surface area (Å²) in [6.07, 6.45) is 0. The number of aryl methyl sites for hydroxylation is 1. The average molecular weight is 368 g/mol. The second kappa shape index (κ2) is 7.60. The van der Waals surface area contributed by atoms with Crippen LogP contribution >= 0.6 is 0 Å². The number of methoxy groups -OCH3 is 1. The third-order valence-electron chi connectivity index (χ3n) is 3.78. The highest BCUT2D eigenvalue weighted by Crippen LogP contribution is 2.22. The predicted molar refractivity (Wildman–Crippen MR) is 96.3 cm³/mol. The number of benzene rings is 2. The van der Waals surface area contributed by atoms with Crippen molar-refractivity contribution in [3.63, 3.8) is 0 Å². The van der Waals surface area contributed by atoms with Gasteiger partial charge >= 0.3 is 0 Å². The lowest BCUT2D eigenvalue weighted by Crippen LogP contribution is -2.20. The number of nitrogens with one attached hydrogen (secondary N) is 1. The first-order valence-electron chi connectivity index (χ1n) is 7.93. The van der Waals surface area contributed by atoms with Crippen LogP contribution in [0.3, 0.4) is 0 Å². The number of ether oxygens (including phenoxy) is 1. The molecule has 2 aromatic carbocycles.